The van der Waals surface area contributed by atoms with Crippen LogP contribution in [0.15, 0.2) is 36.9 Å². The van der Waals surface area contributed by atoms with Gasteiger partial charge in [-0.1, -0.05) is 23.8 Å². The molecule has 1 amide bonds. The van der Waals surface area contributed by atoms with Crippen LogP contribution in [0.5, 0.6) is 0 Å². The Labute approximate surface area is 122 Å². The number of carbonyl (C=O) groups is 1. The van der Waals surface area contributed by atoms with Gasteiger partial charge in [-0.2, -0.15) is 5.10 Å². The largest absolute Gasteiger partial charge is 0.326 e. The maximum atomic E-state index is 12.0. The molecule has 1 aromatic heterocycles. The van der Waals surface area contributed by atoms with Gasteiger partial charge in [0.2, 0.25) is 5.91 Å². The van der Waals surface area contributed by atoms with Crippen molar-refractivity contribution in [2.45, 2.75) is 19.9 Å². The van der Waals surface area contributed by atoms with Gasteiger partial charge in [0, 0.05) is 12.2 Å². The van der Waals surface area contributed by atoms with Crippen molar-refractivity contribution >= 4 is 23.8 Å². The Bertz CT molecular complexity index is 669. The molecule has 0 saturated heterocycles. The van der Waals surface area contributed by atoms with Crippen molar-refractivity contribution in [1.29, 1.82) is 0 Å². The molecule has 0 aliphatic rings. The van der Waals surface area contributed by atoms with Crippen molar-refractivity contribution in [3.8, 4) is 0 Å². The molecule has 6 heteroatoms. The second kappa shape index (κ2) is 6.29. The SMILES string of the molecule is C=CCn1c(CC(=O)Nc2ccc(C)cc2)n[nH]c1=S. The summed E-state index contributed by atoms with van der Waals surface area (Å²) in [5, 5.41) is 9.58. The van der Waals surface area contributed by atoms with Crippen LogP contribution in [0.4, 0.5) is 5.69 Å². The van der Waals surface area contributed by atoms with Gasteiger partial charge < -0.3 is 5.32 Å². The third-order valence-corrected chi connectivity index (χ3v) is 3.11. The van der Waals surface area contributed by atoms with E-state index < -0.39 is 0 Å². The van der Waals surface area contributed by atoms with Gasteiger partial charge in [-0.15, -0.1) is 6.58 Å². The quantitative estimate of drug-likeness (QED) is 0.656. The number of nitrogens with zero attached hydrogens (tertiary/aromatic N) is 2. The van der Waals surface area contributed by atoms with Crippen LogP contribution in [0.1, 0.15) is 11.4 Å². The first kappa shape index (κ1) is 14.2. The second-order valence-electron chi connectivity index (χ2n) is 4.44. The van der Waals surface area contributed by atoms with Gasteiger partial charge in [0.05, 0.1) is 6.42 Å². The molecule has 1 heterocycles. The van der Waals surface area contributed by atoms with Crippen molar-refractivity contribution in [2.75, 3.05) is 5.32 Å². The molecule has 0 saturated carbocycles. The molecule has 0 radical (unpaired) electrons. The topological polar surface area (TPSA) is 62.7 Å². The van der Waals surface area contributed by atoms with E-state index in [-0.39, 0.29) is 12.3 Å². The van der Waals surface area contributed by atoms with E-state index in [9.17, 15) is 4.79 Å². The minimum Gasteiger partial charge on any atom is -0.326 e. The highest BCUT2D eigenvalue weighted by atomic mass is 32.1. The van der Waals surface area contributed by atoms with Crippen LogP contribution < -0.4 is 5.32 Å². The zero-order chi connectivity index (χ0) is 14.5. The number of hydrogen-bond donors (Lipinski definition) is 2. The summed E-state index contributed by atoms with van der Waals surface area (Å²) in [7, 11) is 0. The predicted molar refractivity (Wildman–Crippen MR) is 81.1 cm³/mol. The maximum absolute atomic E-state index is 12.0. The first-order chi connectivity index (χ1) is 9.60. The molecule has 104 valence electrons. The lowest BCUT2D eigenvalue weighted by Gasteiger charge is -2.06. The third-order valence-electron chi connectivity index (χ3n) is 2.80. The molecule has 2 rings (SSSR count). The molecule has 2 aromatic rings. The van der Waals surface area contributed by atoms with E-state index in [2.05, 4.69) is 22.1 Å². The molecule has 5 nitrogen and oxygen atoms in total. The van der Waals surface area contributed by atoms with Crippen molar-refractivity contribution in [3.05, 3.63) is 53.1 Å². The average Bonchev–Trinajstić information content (AvgIpc) is 2.75. The fourth-order valence-electron chi connectivity index (χ4n) is 1.79. The van der Waals surface area contributed by atoms with E-state index in [1.54, 1.807) is 10.6 Å². The number of nitrogens with one attached hydrogen (secondary N) is 2. The molecule has 0 atom stereocenters. The van der Waals surface area contributed by atoms with E-state index in [0.29, 0.717) is 17.1 Å². The van der Waals surface area contributed by atoms with Gasteiger partial charge in [0.25, 0.3) is 0 Å². The predicted octanol–water partition coefficient (Wildman–Crippen LogP) is 2.62. The Kier molecular flexibility index (Phi) is 4.47. The molecule has 1 aromatic carbocycles. The molecule has 0 unspecified atom stereocenters. The number of hydrogen-bond acceptors (Lipinski definition) is 3. The number of carbonyl (C=O) groups excluding carboxylic acids is 1. The molecular formula is C14H16N4OS. The van der Waals surface area contributed by atoms with Crippen LogP contribution in [-0.4, -0.2) is 20.7 Å². The molecule has 0 spiro atoms. The lowest BCUT2D eigenvalue weighted by Crippen LogP contribution is -2.17. The first-order valence-corrected chi connectivity index (χ1v) is 6.62. The van der Waals surface area contributed by atoms with Crippen molar-refractivity contribution in [2.24, 2.45) is 0 Å². The van der Waals surface area contributed by atoms with Gasteiger partial charge in [0.15, 0.2) is 4.77 Å². The zero-order valence-electron chi connectivity index (χ0n) is 11.2. The van der Waals surface area contributed by atoms with Crippen molar-refractivity contribution in [1.82, 2.24) is 14.8 Å². The Hall–Kier alpha value is -2.21. The van der Waals surface area contributed by atoms with Gasteiger partial charge >= 0.3 is 0 Å². The molecule has 0 bridgehead atoms. The minimum atomic E-state index is -0.131. The molecule has 2 N–H and O–H groups in total. The van der Waals surface area contributed by atoms with Crippen LogP contribution >= 0.6 is 12.2 Å². The highest BCUT2D eigenvalue weighted by Crippen LogP contribution is 2.09. The maximum Gasteiger partial charge on any atom is 0.232 e. The normalized spacial score (nSPS) is 10.2. The summed E-state index contributed by atoms with van der Waals surface area (Å²) in [4.78, 5) is 12.0. The van der Waals surface area contributed by atoms with Crippen LogP contribution in [0.25, 0.3) is 0 Å². The smallest absolute Gasteiger partial charge is 0.232 e. The molecular weight excluding hydrogens is 272 g/mol. The van der Waals surface area contributed by atoms with E-state index in [1.165, 1.54) is 0 Å². The van der Waals surface area contributed by atoms with Gasteiger partial charge in [-0.05, 0) is 31.3 Å². The molecule has 0 aliphatic heterocycles. The third kappa shape index (κ3) is 3.42. The number of aromatic nitrogens is 3. The summed E-state index contributed by atoms with van der Waals surface area (Å²) in [6.45, 7) is 6.19. The number of H-pyrrole nitrogens is 1. The van der Waals surface area contributed by atoms with E-state index >= 15 is 0 Å². The lowest BCUT2D eigenvalue weighted by atomic mass is 10.2. The summed E-state index contributed by atoms with van der Waals surface area (Å²) in [6.07, 6.45) is 1.88. The number of allylic oxidation sites excluding steroid dienone is 1. The highest BCUT2D eigenvalue weighted by molar-refractivity contribution is 7.71. The average molecular weight is 288 g/mol. The highest BCUT2D eigenvalue weighted by Gasteiger charge is 2.10. The Morgan fingerprint density at radius 1 is 1.50 bits per heavy atom. The fourth-order valence-corrected chi connectivity index (χ4v) is 2.01. The van der Waals surface area contributed by atoms with E-state index in [4.69, 9.17) is 12.2 Å². The van der Waals surface area contributed by atoms with Gasteiger partial charge in [-0.3, -0.25) is 14.5 Å². The van der Waals surface area contributed by atoms with Crippen LogP contribution in [0.2, 0.25) is 0 Å². The van der Waals surface area contributed by atoms with Crippen LogP contribution in [-0.2, 0) is 17.8 Å². The summed E-state index contributed by atoms with van der Waals surface area (Å²) >= 11 is 5.10. The second-order valence-corrected chi connectivity index (χ2v) is 4.82. The van der Waals surface area contributed by atoms with Crippen molar-refractivity contribution < 1.29 is 4.79 Å². The molecule has 0 aliphatic carbocycles. The Morgan fingerprint density at radius 2 is 2.20 bits per heavy atom. The number of amides is 1. The van der Waals surface area contributed by atoms with Gasteiger partial charge in [-0.25, -0.2) is 0 Å². The molecule has 20 heavy (non-hydrogen) atoms. The Balaban J connectivity index is 2.06. The van der Waals surface area contributed by atoms with E-state index in [1.807, 2.05) is 31.2 Å². The fraction of sp³-hybridized carbons (Fsp3) is 0.214. The van der Waals surface area contributed by atoms with Crippen LogP contribution in [0.3, 0.4) is 0 Å². The lowest BCUT2D eigenvalue weighted by molar-refractivity contribution is -0.115. The number of rotatable bonds is 5. The van der Waals surface area contributed by atoms with Crippen molar-refractivity contribution in [3.63, 3.8) is 0 Å². The standard InChI is InChI=1S/C14H16N4OS/c1-3-8-18-12(16-17-14(18)20)9-13(19)15-11-6-4-10(2)5-7-11/h3-7H,1,8-9H2,2H3,(H,15,19)(H,17,20). The van der Waals surface area contributed by atoms with Gasteiger partial charge in [0.1, 0.15) is 5.82 Å². The monoisotopic (exact) mass is 288 g/mol. The summed E-state index contributed by atoms with van der Waals surface area (Å²) in [6, 6.07) is 7.63. The number of anilines is 1. The molecule has 0 fully saturated rings. The first-order valence-electron chi connectivity index (χ1n) is 6.21. The zero-order valence-corrected chi connectivity index (χ0v) is 12.0. The summed E-state index contributed by atoms with van der Waals surface area (Å²) < 4.78 is 2.24. The number of aryl methyl sites for hydroxylation is 1. The Morgan fingerprint density at radius 3 is 2.85 bits per heavy atom. The summed E-state index contributed by atoms with van der Waals surface area (Å²) in [5.41, 5.74) is 1.92. The van der Waals surface area contributed by atoms with Crippen LogP contribution in [0, 0.1) is 11.7 Å². The summed E-state index contributed by atoms with van der Waals surface area (Å²) in [5.74, 6) is 0.465. The van der Waals surface area contributed by atoms with E-state index in [0.717, 1.165) is 11.3 Å². The minimum absolute atomic E-state index is 0.131. The number of aromatic amines is 1. The number of benzene rings is 1.